The number of nitrogens with two attached hydrogens (primary N) is 1. The van der Waals surface area contributed by atoms with Gasteiger partial charge in [0.05, 0.1) is 12.2 Å². The molecule has 0 aromatic carbocycles. The highest BCUT2D eigenvalue weighted by Crippen LogP contribution is 1.91. The molecule has 0 spiro atoms. The lowest BCUT2D eigenvalue weighted by Crippen LogP contribution is -2.37. The van der Waals surface area contributed by atoms with Gasteiger partial charge < -0.3 is 11.1 Å². The summed E-state index contributed by atoms with van der Waals surface area (Å²) in [5.41, 5.74) is 6.27. The van der Waals surface area contributed by atoms with Crippen LogP contribution >= 0.6 is 0 Å². The van der Waals surface area contributed by atoms with Crippen LogP contribution in [0.1, 0.15) is 12.5 Å². The largest absolute Gasteiger partial charge is 0.351 e. The Morgan fingerprint density at radius 3 is 3.17 bits per heavy atom. The molecule has 12 heavy (non-hydrogen) atoms. The molecule has 1 aromatic rings. The Hall–Kier alpha value is -1.36. The molecule has 0 saturated carbocycles. The van der Waals surface area contributed by atoms with Crippen molar-refractivity contribution in [1.29, 1.82) is 0 Å². The Morgan fingerprint density at radius 2 is 2.67 bits per heavy atom. The number of hydrogen-bond acceptors (Lipinski definition) is 3. The van der Waals surface area contributed by atoms with Crippen molar-refractivity contribution >= 4 is 5.91 Å². The molecule has 0 saturated heterocycles. The van der Waals surface area contributed by atoms with Gasteiger partial charge in [-0.2, -0.15) is 5.10 Å². The number of aromatic nitrogens is 2. The second-order valence-electron chi connectivity index (χ2n) is 2.61. The molecular formula is C7H12N4O. The summed E-state index contributed by atoms with van der Waals surface area (Å²) >= 11 is 0. The summed E-state index contributed by atoms with van der Waals surface area (Å²) in [4.78, 5) is 11.0. The summed E-state index contributed by atoms with van der Waals surface area (Å²) in [6.07, 6.45) is 3.38. The van der Waals surface area contributed by atoms with E-state index >= 15 is 0 Å². The molecular weight excluding hydrogens is 156 g/mol. The second kappa shape index (κ2) is 3.87. The fourth-order valence-corrected chi connectivity index (χ4v) is 0.724. The summed E-state index contributed by atoms with van der Waals surface area (Å²) in [6.45, 7) is 2.11. The molecule has 0 fully saturated rings. The Kier molecular flexibility index (Phi) is 2.82. The monoisotopic (exact) mass is 168 g/mol. The minimum absolute atomic E-state index is 0.156. The highest BCUT2D eigenvalue weighted by atomic mass is 16.2. The second-order valence-corrected chi connectivity index (χ2v) is 2.61. The van der Waals surface area contributed by atoms with Crippen molar-refractivity contribution in [2.45, 2.75) is 19.5 Å². The number of H-pyrrole nitrogens is 1. The van der Waals surface area contributed by atoms with E-state index in [0.717, 1.165) is 5.56 Å². The maximum atomic E-state index is 11.0. The molecule has 66 valence electrons. The molecule has 0 bridgehead atoms. The van der Waals surface area contributed by atoms with E-state index < -0.39 is 6.04 Å². The van der Waals surface area contributed by atoms with Crippen LogP contribution in [0.15, 0.2) is 12.4 Å². The Balaban J connectivity index is 2.32. The maximum absolute atomic E-state index is 11.0. The van der Waals surface area contributed by atoms with Gasteiger partial charge in [0.2, 0.25) is 5.91 Å². The molecule has 0 aliphatic heterocycles. The minimum atomic E-state index is -0.461. The van der Waals surface area contributed by atoms with E-state index in [2.05, 4.69) is 15.5 Å². The lowest BCUT2D eigenvalue weighted by Gasteiger charge is -2.05. The van der Waals surface area contributed by atoms with Crippen LogP contribution < -0.4 is 11.1 Å². The van der Waals surface area contributed by atoms with Crippen LogP contribution in [-0.2, 0) is 11.3 Å². The number of hydrogen-bond donors (Lipinski definition) is 3. The molecule has 1 amide bonds. The van der Waals surface area contributed by atoms with Gasteiger partial charge >= 0.3 is 0 Å². The zero-order valence-corrected chi connectivity index (χ0v) is 6.87. The number of rotatable bonds is 3. The van der Waals surface area contributed by atoms with E-state index in [0.29, 0.717) is 6.54 Å². The number of aromatic amines is 1. The third-order valence-corrected chi connectivity index (χ3v) is 1.44. The molecule has 5 nitrogen and oxygen atoms in total. The standard InChI is InChI=1S/C7H12N4O/c1-5(8)7(12)9-2-6-3-10-11-4-6/h3-5H,2,8H2,1H3,(H,9,12)(H,10,11). The lowest BCUT2D eigenvalue weighted by atomic mass is 10.3. The van der Waals surface area contributed by atoms with Gasteiger partial charge in [0.1, 0.15) is 0 Å². The molecule has 1 rings (SSSR count). The van der Waals surface area contributed by atoms with Gasteiger partial charge in [-0.05, 0) is 6.92 Å². The van der Waals surface area contributed by atoms with Crippen LogP contribution in [0.4, 0.5) is 0 Å². The molecule has 1 aromatic heterocycles. The number of amides is 1. The summed E-state index contributed by atoms with van der Waals surface area (Å²) in [7, 11) is 0. The first kappa shape index (κ1) is 8.73. The Bertz CT molecular complexity index is 242. The first-order chi connectivity index (χ1) is 5.70. The fourth-order valence-electron chi connectivity index (χ4n) is 0.724. The van der Waals surface area contributed by atoms with Gasteiger partial charge in [-0.3, -0.25) is 9.89 Å². The summed E-state index contributed by atoms with van der Waals surface area (Å²) in [6, 6.07) is -0.461. The third kappa shape index (κ3) is 2.35. The maximum Gasteiger partial charge on any atom is 0.236 e. The van der Waals surface area contributed by atoms with Crippen molar-refractivity contribution in [3.8, 4) is 0 Å². The van der Waals surface area contributed by atoms with Crippen molar-refractivity contribution in [3.05, 3.63) is 18.0 Å². The average Bonchev–Trinajstić information content (AvgIpc) is 2.51. The fraction of sp³-hybridized carbons (Fsp3) is 0.429. The third-order valence-electron chi connectivity index (χ3n) is 1.44. The number of carbonyl (C=O) groups is 1. The summed E-state index contributed by atoms with van der Waals surface area (Å²) in [5, 5.41) is 9.05. The molecule has 1 unspecified atom stereocenters. The predicted octanol–water partition coefficient (Wildman–Crippen LogP) is -0.627. The molecule has 0 aliphatic carbocycles. The van der Waals surface area contributed by atoms with Gasteiger partial charge in [0, 0.05) is 18.3 Å². The van der Waals surface area contributed by atoms with Crippen molar-refractivity contribution in [1.82, 2.24) is 15.5 Å². The van der Waals surface area contributed by atoms with Gasteiger partial charge in [0.15, 0.2) is 0 Å². The van der Waals surface area contributed by atoms with E-state index in [4.69, 9.17) is 5.73 Å². The van der Waals surface area contributed by atoms with Crippen LogP contribution in [0, 0.1) is 0 Å². The zero-order valence-electron chi connectivity index (χ0n) is 6.87. The van der Waals surface area contributed by atoms with E-state index in [9.17, 15) is 4.79 Å². The topological polar surface area (TPSA) is 83.8 Å². The first-order valence-electron chi connectivity index (χ1n) is 3.71. The molecule has 1 atom stereocenters. The van der Waals surface area contributed by atoms with E-state index in [1.807, 2.05) is 0 Å². The average molecular weight is 168 g/mol. The van der Waals surface area contributed by atoms with Gasteiger partial charge in [-0.25, -0.2) is 0 Å². The Morgan fingerprint density at radius 1 is 1.92 bits per heavy atom. The number of carbonyl (C=O) groups excluding carboxylic acids is 1. The minimum Gasteiger partial charge on any atom is -0.351 e. The Labute approximate surface area is 70.3 Å². The molecule has 4 N–H and O–H groups in total. The van der Waals surface area contributed by atoms with Gasteiger partial charge in [-0.15, -0.1) is 0 Å². The summed E-state index contributed by atoms with van der Waals surface area (Å²) in [5.74, 6) is -0.156. The van der Waals surface area contributed by atoms with E-state index in [1.165, 1.54) is 0 Å². The van der Waals surface area contributed by atoms with Gasteiger partial charge in [0.25, 0.3) is 0 Å². The van der Waals surface area contributed by atoms with Crippen LogP contribution in [0.3, 0.4) is 0 Å². The normalized spacial score (nSPS) is 12.5. The van der Waals surface area contributed by atoms with E-state index in [-0.39, 0.29) is 5.91 Å². The zero-order chi connectivity index (χ0) is 8.97. The van der Waals surface area contributed by atoms with Crippen LogP contribution in [0.5, 0.6) is 0 Å². The SMILES string of the molecule is CC(N)C(=O)NCc1cn[nH]c1. The van der Waals surface area contributed by atoms with Crippen LogP contribution in [0.25, 0.3) is 0 Å². The van der Waals surface area contributed by atoms with Crippen molar-refractivity contribution in [2.24, 2.45) is 5.73 Å². The highest BCUT2D eigenvalue weighted by molar-refractivity contribution is 5.80. The lowest BCUT2D eigenvalue weighted by molar-refractivity contribution is -0.122. The van der Waals surface area contributed by atoms with Crippen molar-refractivity contribution < 1.29 is 4.79 Å². The number of nitrogens with one attached hydrogen (secondary N) is 2. The molecule has 0 radical (unpaired) electrons. The first-order valence-corrected chi connectivity index (χ1v) is 3.71. The highest BCUT2D eigenvalue weighted by Gasteiger charge is 2.05. The number of nitrogens with zero attached hydrogens (tertiary/aromatic N) is 1. The smallest absolute Gasteiger partial charge is 0.236 e. The molecule has 0 aliphatic rings. The van der Waals surface area contributed by atoms with Crippen molar-refractivity contribution in [2.75, 3.05) is 0 Å². The molecule has 5 heteroatoms. The van der Waals surface area contributed by atoms with Crippen LogP contribution in [0.2, 0.25) is 0 Å². The van der Waals surface area contributed by atoms with E-state index in [1.54, 1.807) is 19.3 Å². The summed E-state index contributed by atoms with van der Waals surface area (Å²) < 4.78 is 0. The predicted molar refractivity (Wildman–Crippen MR) is 44.1 cm³/mol. The van der Waals surface area contributed by atoms with Crippen LogP contribution in [-0.4, -0.2) is 22.1 Å². The quantitative estimate of drug-likeness (QED) is 0.562. The van der Waals surface area contributed by atoms with Crippen molar-refractivity contribution in [3.63, 3.8) is 0 Å². The van der Waals surface area contributed by atoms with Gasteiger partial charge in [-0.1, -0.05) is 0 Å². The molecule has 1 heterocycles.